The molecule has 0 amide bonds. The molecule has 2 atom stereocenters. The van der Waals surface area contributed by atoms with Gasteiger partial charge in [-0.15, -0.1) is 0 Å². The fourth-order valence-electron chi connectivity index (χ4n) is 4.33. The van der Waals surface area contributed by atoms with E-state index in [1.54, 1.807) is 0 Å². The summed E-state index contributed by atoms with van der Waals surface area (Å²) < 4.78 is 13.2. The van der Waals surface area contributed by atoms with Crippen LogP contribution in [-0.2, 0) is 13.1 Å². The molecule has 178 valence electrons. The Morgan fingerprint density at radius 2 is 1.06 bits per heavy atom. The van der Waals surface area contributed by atoms with E-state index in [-0.39, 0.29) is 12.2 Å². The SMILES string of the molecule is CC(O)C[N+](C)(C)Cc1cccc(OCCOc2cccc(C[N+](C)(C)CC(C)O)c2)c1. The summed E-state index contributed by atoms with van der Waals surface area (Å²) in [6, 6.07) is 16.2. The quantitative estimate of drug-likeness (QED) is 0.367. The number of ether oxygens (including phenoxy) is 2. The lowest BCUT2D eigenvalue weighted by Gasteiger charge is -2.31. The molecule has 0 heterocycles. The molecule has 0 fully saturated rings. The van der Waals surface area contributed by atoms with Gasteiger partial charge in [0.1, 0.15) is 63.1 Å². The number of aliphatic hydroxyl groups is 2. The molecule has 2 unspecified atom stereocenters. The Morgan fingerprint density at radius 1 is 0.688 bits per heavy atom. The highest BCUT2D eigenvalue weighted by Gasteiger charge is 2.20. The van der Waals surface area contributed by atoms with Crippen LogP contribution in [0.25, 0.3) is 0 Å². The highest BCUT2D eigenvalue weighted by atomic mass is 16.5. The lowest BCUT2D eigenvalue weighted by Crippen LogP contribution is -2.43. The topological polar surface area (TPSA) is 58.9 Å². The predicted octanol–water partition coefficient (Wildman–Crippen LogP) is 3.06. The number of nitrogens with zero attached hydrogens (tertiary/aromatic N) is 2. The van der Waals surface area contributed by atoms with Crippen LogP contribution in [0.3, 0.4) is 0 Å². The van der Waals surface area contributed by atoms with E-state index < -0.39 is 0 Å². The number of rotatable bonds is 13. The first-order chi connectivity index (χ1) is 14.9. The molecule has 0 radical (unpaired) electrons. The van der Waals surface area contributed by atoms with E-state index in [1.165, 1.54) is 11.1 Å². The zero-order chi connectivity index (χ0) is 23.8. The van der Waals surface area contributed by atoms with E-state index >= 15 is 0 Å². The second-order valence-corrected chi connectivity index (χ2v) is 10.2. The standard InChI is InChI=1S/C26H42N2O4/c1-21(29)17-27(3,4)19-23-9-7-11-25(15-23)31-13-14-32-26-12-8-10-24(16-26)20-28(5,6)18-22(2)30/h7-12,15-16,21-22,29-30H,13-14,17-20H2,1-6H3/q+2. The predicted molar refractivity (Wildman–Crippen MR) is 129 cm³/mol. The van der Waals surface area contributed by atoms with Gasteiger partial charge in [0, 0.05) is 11.1 Å². The third-order valence-electron chi connectivity index (χ3n) is 5.16. The number of likely N-dealkylation sites (N-methyl/N-ethyl adjacent to an activating group) is 2. The van der Waals surface area contributed by atoms with Crippen LogP contribution in [-0.4, -0.2) is 85.9 Å². The minimum Gasteiger partial charge on any atom is -0.490 e. The van der Waals surface area contributed by atoms with E-state index in [1.807, 2.05) is 38.1 Å². The van der Waals surface area contributed by atoms with Crippen molar-refractivity contribution in [3.8, 4) is 11.5 Å². The highest BCUT2D eigenvalue weighted by Crippen LogP contribution is 2.19. The normalized spacial score (nSPS) is 14.1. The van der Waals surface area contributed by atoms with Gasteiger partial charge in [-0.05, 0) is 38.1 Å². The third kappa shape index (κ3) is 10.0. The molecule has 0 bridgehead atoms. The summed E-state index contributed by atoms with van der Waals surface area (Å²) in [5, 5.41) is 19.4. The largest absolute Gasteiger partial charge is 0.490 e. The molecule has 0 spiro atoms. The van der Waals surface area contributed by atoms with Crippen LogP contribution in [0.1, 0.15) is 25.0 Å². The van der Waals surface area contributed by atoms with Crippen LogP contribution < -0.4 is 9.47 Å². The summed E-state index contributed by atoms with van der Waals surface area (Å²) in [6.45, 7) is 7.63. The molecular weight excluding hydrogens is 404 g/mol. The summed E-state index contributed by atoms with van der Waals surface area (Å²) in [4.78, 5) is 0. The van der Waals surface area contributed by atoms with Crippen molar-refractivity contribution in [3.05, 3.63) is 59.7 Å². The monoisotopic (exact) mass is 446 g/mol. The summed E-state index contributed by atoms with van der Waals surface area (Å²) in [6.07, 6.45) is -0.660. The van der Waals surface area contributed by atoms with E-state index in [4.69, 9.17) is 9.47 Å². The number of aliphatic hydroxyl groups excluding tert-OH is 2. The van der Waals surface area contributed by atoms with Crippen molar-refractivity contribution in [1.82, 2.24) is 0 Å². The Balaban J connectivity index is 1.84. The van der Waals surface area contributed by atoms with Crippen molar-refractivity contribution in [2.45, 2.75) is 39.1 Å². The molecule has 0 aromatic heterocycles. The number of benzene rings is 2. The molecule has 2 aromatic rings. The maximum Gasteiger partial charge on any atom is 0.122 e. The third-order valence-corrected chi connectivity index (χ3v) is 5.16. The van der Waals surface area contributed by atoms with Gasteiger partial charge in [0.25, 0.3) is 0 Å². The number of hydrogen-bond donors (Lipinski definition) is 2. The van der Waals surface area contributed by atoms with Crippen LogP contribution in [0.4, 0.5) is 0 Å². The van der Waals surface area contributed by atoms with Gasteiger partial charge in [-0.3, -0.25) is 0 Å². The summed E-state index contributed by atoms with van der Waals surface area (Å²) in [5.41, 5.74) is 2.36. The van der Waals surface area contributed by atoms with Crippen molar-refractivity contribution in [2.75, 3.05) is 54.5 Å². The van der Waals surface area contributed by atoms with Crippen molar-refractivity contribution < 1.29 is 28.7 Å². The van der Waals surface area contributed by atoms with Gasteiger partial charge < -0.3 is 28.7 Å². The average Bonchev–Trinajstić information content (AvgIpc) is 2.63. The summed E-state index contributed by atoms with van der Waals surface area (Å²) >= 11 is 0. The summed E-state index contributed by atoms with van der Waals surface area (Å²) in [7, 11) is 8.47. The Hall–Kier alpha value is -2.12. The van der Waals surface area contributed by atoms with E-state index in [0.717, 1.165) is 24.6 Å². The molecule has 2 aromatic carbocycles. The van der Waals surface area contributed by atoms with Gasteiger partial charge in [0.2, 0.25) is 0 Å². The van der Waals surface area contributed by atoms with Gasteiger partial charge in [-0.2, -0.15) is 0 Å². The molecule has 6 nitrogen and oxygen atoms in total. The average molecular weight is 447 g/mol. The van der Waals surface area contributed by atoms with E-state index in [2.05, 4.69) is 52.5 Å². The Kier molecular flexibility index (Phi) is 9.52. The Morgan fingerprint density at radius 3 is 1.41 bits per heavy atom. The van der Waals surface area contributed by atoms with Gasteiger partial charge in [0.15, 0.2) is 0 Å². The van der Waals surface area contributed by atoms with Crippen LogP contribution in [0, 0.1) is 0 Å². The van der Waals surface area contributed by atoms with Crippen LogP contribution in [0.15, 0.2) is 48.5 Å². The first kappa shape index (κ1) is 26.1. The maximum atomic E-state index is 9.70. The van der Waals surface area contributed by atoms with Crippen molar-refractivity contribution in [1.29, 1.82) is 0 Å². The zero-order valence-corrected chi connectivity index (χ0v) is 20.6. The minimum absolute atomic E-state index is 0.330. The van der Waals surface area contributed by atoms with Crippen molar-refractivity contribution in [2.24, 2.45) is 0 Å². The van der Waals surface area contributed by atoms with E-state index in [9.17, 15) is 10.2 Å². The van der Waals surface area contributed by atoms with Crippen LogP contribution in [0.5, 0.6) is 11.5 Å². The minimum atomic E-state index is -0.330. The Labute approximate surface area is 193 Å². The fourth-order valence-corrected chi connectivity index (χ4v) is 4.33. The first-order valence-electron chi connectivity index (χ1n) is 11.4. The molecule has 2 rings (SSSR count). The van der Waals surface area contributed by atoms with Crippen molar-refractivity contribution >= 4 is 0 Å². The zero-order valence-electron chi connectivity index (χ0n) is 20.6. The molecular formula is C26H42N2O4+2. The van der Waals surface area contributed by atoms with E-state index in [0.29, 0.717) is 35.3 Å². The second kappa shape index (κ2) is 11.7. The lowest BCUT2D eigenvalue weighted by molar-refractivity contribution is -0.906. The van der Waals surface area contributed by atoms with Crippen molar-refractivity contribution in [3.63, 3.8) is 0 Å². The van der Waals surface area contributed by atoms with Crippen LogP contribution in [0.2, 0.25) is 0 Å². The molecule has 0 saturated heterocycles. The molecule has 0 aliphatic carbocycles. The molecule has 0 saturated carbocycles. The maximum absolute atomic E-state index is 9.70. The molecule has 0 aliphatic heterocycles. The van der Waals surface area contributed by atoms with Gasteiger partial charge >= 0.3 is 0 Å². The fraction of sp³-hybridized carbons (Fsp3) is 0.538. The molecule has 0 aliphatic rings. The van der Waals surface area contributed by atoms with Crippen LogP contribution >= 0.6 is 0 Å². The highest BCUT2D eigenvalue weighted by molar-refractivity contribution is 5.29. The molecule has 2 N–H and O–H groups in total. The second-order valence-electron chi connectivity index (χ2n) is 10.2. The van der Waals surface area contributed by atoms with Gasteiger partial charge in [0.05, 0.1) is 28.2 Å². The smallest absolute Gasteiger partial charge is 0.122 e. The Bertz CT molecular complexity index is 765. The molecule has 32 heavy (non-hydrogen) atoms. The van der Waals surface area contributed by atoms with Gasteiger partial charge in [-0.1, -0.05) is 24.3 Å². The first-order valence-corrected chi connectivity index (χ1v) is 11.4. The van der Waals surface area contributed by atoms with Gasteiger partial charge in [-0.25, -0.2) is 0 Å². The molecule has 6 heteroatoms. The number of hydrogen-bond acceptors (Lipinski definition) is 4. The number of quaternary nitrogens is 2. The lowest BCUT2D eigenvalue weighted by atomic mass is 10.1. The summed E-state index contributed by atoms with van der Waals surface area (Å²) in [5.74, 6) is 1.66.